The summed E-state index contributed by atoms with van der Waals surface area (Å²) in [4.78, 5) is 20.6. The number of ether oxygens (including phenoxy) is 2. The summed E-state index contributed by atoms with van der Waals surface area (Å²) in [5.41, 5.74) is -0.296. The number of rotatable bonds is 12. The number of aryl methyl sites for hydroxylation is 1. The fourth-order valence-corrected chi connectivity index (χ4v) is 5.78. The number of benzene rings is 1. The molecule has 0 aliphatic carbocycles. The first-order valence-electron chi connectivity index (χ1n) is 15.8. The number of carbonyl (C=O) groups excluding carboxylic acids is 1. The lowest BCUT2D eigenvalue weighted by molar-refractivity contribution is 0.00202. The van der Waals surface area contributed by atoms with E-state index in [0.29, 0.717) is 35.8 Å². The zero-order valence-electron chi connectivity index (χ0n) is 26.9. The molecule has 0 bridgehead atoms. The Morgan fingerprint density at radius 2 is 1.89 bits per heavy atom. The molecule has 2 aliphatic heterocycles. The SMILES string of the molecule is CC(C)c1noc(N2CCC([C@H](C)CCOc3ccc(CC[C@@H](NC(=O)OC(C)(C)C)N4CCC(F)(F)C4)c(F)c3)CC2)n1. The maximum Gasteiger partial charge on any atom is 0.408 e. The molecule has 2 saturated heterocycles. The predicted molar refractivity (Wildman–Crippen MR) is 162 cm³/mol. The van der Waals surface area contributed by atoms with Crippen LogP contribution < -0.4 is 15.0 Å². The summed E-state index contributed by atoms with van der Waals surface area (Å²) in [7, 11) is 0. The number of likely N-dealkylation sites (tertiary alicyclic amines) is 1. The molecule has 44 heavy (non-hydrogen) atoms. The first kappa shape index (κ1) is 33.9. The second-order valence-corrected chi connectivity index (χ2v) is 13.6. The van der Waals surface area contributed by atoms with Gasteiger partial charge in [0.15, 0.2) is 5.82 Å². The Bertz CT molecular complexity index is 1230. The summed E-state index contributed by atoms with van der Waals surface area (Å²) >= 11 is 0. The monoisotopic (exact) mass is 623 g/mol. The summed E-state index contributed by atoms with van der Waals surface area (Å²) in [5.74, 6) is -0.832. The van der Waals surface area contributed by atoms with Crippen molar-refractivity contribution in [1.29, 1.82) is 0 Å². The normalized spacial score (nSPS) is 19.3. The van der Waals surface area contributed by atoms with Gasteiger partial charge in [-0.15, -0.1) is 0 Å². The summed E-state index contributed by atoms with van der Waals surface area (Å²) in [6, 6.07) is 5.36. The highest BCUT2D eigenvalue weighted by molar-refractivity contribution is 5.68. The number of alkyl carbamates (subject to hydrolysis) is 1. The first-order chi connectivity index (χ1) is 20.7. The van der Waals surface area contributed by atoms with Crippen LogP contribution in [0.2, 0.25) is 0 Å². The number of nitrogens with one attached hydrogen (secondary N) is 1. The second-order valence-electron chi connectivity index (χ2n) is 13.6. The van der Waals surface area contributed by atoms with Gasteiger partial charge in [-0.25, -0.2) is 18.0 Å². The molecule has 1 amide bonds. The fraction of sp³-hybridized carbons (Fsp3) is 0.719. The van der Waals surface area contributed by atoms with Gasteiger partial charge in [0.2, 0.25) is 0 Å². The number of halogens is 3. The molecule has 4 rings (SSSR count). The minimum Gasteiger partial charge on any atom is -0.493 e. The first-order valence-corrected chi connectivity index (χ1v) is 15.8. The van der Waals surface area contributed by atoms with Gasteiger partial charge in [-0.3, -0.25) is 4.90 Å². The van der Waals surface area contributed by atoms with Gasteiger partial charge >= 0.3 is 12.1 Å². The van der Waals surface area contributed by atoms with Crippen LogP contribution in [-0.4, -0.2) is 71.6 Å². The van der Waals surface area contributed by atoms with Crippen LogP contribution in [0.1, 0.15) is 91.0 Å². The minimum atomic E-state index is -2.82. The number of nitrogens with zero attached hydrogens (tertiary/aromatic N) is 4. The van der Waals surface area contributed by atoms with Crippen LogP contribution in [0.3, 0.4) is 0 Å². The third-order valence-electron chi connectivity index (χ3n) is 8.44. The zero-order valence-corrected chi connectivity index (χ0v) is 26.9. The smallest absolute Gasteiger partial charge is 0.408 e. The molecule has 0 saturated carbocycles. The molecule has 1 N–H and O–H groups in total. The molecule has 2 aromatic rings. The fourth-order valence-electron chi connectivity index (χ4n) is 5.78. The number of piperidine rings is 1. The number of alkyl halides is 2. The van der Waals surface area contributed by atoms with E-state index in [0.717, 1.165) is 38.2 Å². The number of hydrogen-bond acceptors (Lipinski definition) is 8. The van der Waals surface area contributed by atoms with Crippen molar-refractivity contribution in [3.63, 3.8) is 0 Å². The molecule has 3 heterocycles. The Balaban J connectivity index is 1.23. The minimum absolute atomic E-state index is 0.137. The Hall–Kier alpha value is -3.02. The van der Waals surface area contributed by atoms with Crippen molar-refractivity contribution in [2.45, 2.75) is 104 Å². The Morgan fingerprint density at radius 1 is 1.16 bits per heavy atom. The van der Waals surface area contributed by atoms with Gasteiger partial charge in [-0.2, -0.15) is 4.98 Å². The molecule has 1 aromatic carbocycles. The molecule has 2 atom stereocenters. The molecule has 12 heteroatoms. The van der Waals surface area contributed by atoms with Gasteiger partial charge in [0.05, 0.1) is 19.3 Å². The van der Waals surface area contributed by atoms with E-state index in [4.69, 9.17) is 14.0 Å². The number of carbonyl (C=O) groups is 1. The van der Waals surface area contributed by atoms with E-state index in [1.54, 1.807) is 32.9 Å². The van der Waals surface area contributed by atoms with E-state index in [2.05, 4.69) is 27.3 Å². The average molecular weight is 624 g/mol. The average Bonchev–Trinajstić information content (AvgIpc) is 3.58. The number of anilines is 1. The van der Waals surface area contributed by atoms with Gasteiger partial charge in [-0.1, -0.05) is 32.0 Å². The van der Waals surface area contributed by atoms with Gasteiger partial charge < -0.3 is 24.2 Å². The van der Waals surface area contributed by atoms with Crippen molar-refractivity contribution in [2.24, 2.45) is 11.8 Å². The quantitative estimate of drug-likeness (QED) is 0.277. The molecule has 2 fully saturated rings. The largest absolute Gasteiger partial charge is 0.493 e. The molecular formula is C32H48F3N5O4. The van der Waals surface area contributed by atoms with Crippen molar-refractivity contribution >= 4 is 12.1 Å². The maximum atomic E-state index is 15.0. The van der Waals surface area contributed by atoms with Crippen LogP contribution in [0.25, 0.3) is 0 Å². The van der Waals surface area contributed by atoms with Gasteiger partial charge in [0.1, 0.15) is 17.2 Å². The van der Waals surface area contributed by atoms with E-state index in [9.17, 15) is 13.6 Å². The number of aromatic nitrogens is 2. The maximum absolute atomic E-state index is 15.0. The van der Waals surface area contributed by atoms with Crippen molar-refractivity contribution < 1.29 is 32.0 Å². The van der Waals surface area contributed by atoms with Crippen LogP contribution in [0.4, 0.5) is 24.0 Å². The van der Waals surface area contributed by atoms with Crippen LogP contribution in [0, 0.1) is 17.7 Å². The van der Waals surface area contributed by atoms with E-state index < -0.39 is 36.1 Å². The number of amides is 1. The third kappa shape index (κ3) is 9.74. The molecule has 1 aromatic heterocycles. The zero-order chi connectivity index (χ0) is 32.1. The highest BCUT2D eigenvalue weighted by atomic mass is 19.3. The summed E-state index contributed by atoms with van der Waals surface area (Å²) in [5, 5.41) is 6.77. The van der Waals surface area contributed by atoms with E-state index >= 15 is 4.39 Å². The summed E-state index contributed by atoms with van der Waals surface area (Å²) in [6.45, 7) is 13.4. The van der Waals surface area contributed by atoms with Crippen LogP contribution in [-0.2, 0) is 11.2 Å². The third-order valence-corrected chi connectivity index (χ3v) is 8.44. The lowest BCUT2D eigenvalue weighted by Crippen LogP contribution is -2.49. The summed E-state index contributed by atoms with van der Waals surface area (Å²) < 4.78 is 59.6. The molecule has 0 spiro atoms. The predicted octanol–water partition coefficient (Wildman–Crippen LogP) is 6.78. The molecule has 0 radical (unpaired) electrons. The van der Waals surface area contributed by atoms with E-state index in [1.807, 2.05) is 13.8 Å². The highest BCUT2D eigenvalue weighted by Gasteiger charge is 2.41. The Labute approximate surface area is 258 Å². The standard InChI is InChI=1S/C32H48F3N5O4/c1-21(2)28-37-29(44-38-28)39-15-11-23(12-16-39)22(3)13-18-42-25-9-7-24(26(33)19-25)8-10-27(36-30(41)43-31(4,5)6)40-17-14-32(34,35)20-40/h7,9,19,21-23,27H,8,10-18,20H2,1-6H3,(H,36,41)/t22-,27+/m1/s1. The van der Waals surface area contributed by atoms with Crippen molar-refractivity contribution in [3.8, 4) is 5.75 Å². The lowest BCUT2D eigenvalue weighted by atomic mass is 9.84. The van der Waals surface area contributed by atoms with Crippen LogP contribution in [0.15, 0.2) is 22.7 Å². The van der Waals surface area contributed by atoms with Crippen molar-refractivity contribution in [3.05, 3.63) is 35.4 Å². The lowest BCUT2D eigenvalue weighted by Gasteiger charge is -2.33. The molecule has 9 nitrogen and oxygen atoms in total. The molecular weight excluding hydrogens is 575 g/mol. The topological polar surface area (TPSA) is 93.0 Å². The van der Waals surface area contributed by atoms with Crippen LogP contribution >= 0.6 is 0 Å². The molecule has 2 aliphatic rings. The van der Waals surface area contributed by atoms with Crippen molar-refractivity contribution in [2.75, 3.05) is 37.7 Å². The van der Waals surface area contributed by atoms with Gasteiger partial charge in [-0.05, 0) is 76.3 Å². The van der Waals surface area contributed by atoms with E-state index in [1.165, 1.54) is 11.0 Å². The van der Waals surface area contributed by atoms with Crippen LogP contribution in [0.5, 0.6) is 5.75 Å². The second kappa shape index (κ2) is 14.4. The highest BCUT2D eigenvalue weighted by Crippen LogP contribution is 2.31. The number of hydrogen-bond donors (Lipinski definition) is 1. The van der Waals surface area contributed by atoms with Gasteiger partial charge in [0.25, 0.3) is 5.92 Å². The Kier molecular flexibility index (Phi) is 11.1. The molecule has 0 unspecified atom stereocenters. The van der Waals surface area contributed by atoms with Crippen molar-refractivity contribution in [1.82, 2.24) is 20.4 Å². The van der Waals surface area contributed by atoms with E-state index in [-0.39, 0.29) is 31.7 Å². The Morgan fingerprint density at radius 3 is 2.48 bits per heavy atom. The van der Waals surface area contributed by atoms with Gasteiger partial charge in [0, 0.05) is 38.0 Å². The molecule has 246 valence electrons. The summed E-state index contributed by atoms with van der Waals surface area (Å²) in [6.07, 6.45) is 1.76.